The fourth-order valence-electron chi connectivity index (χ4n) is 2.68. The zero-order chi connectivity index (χ0) is 17.0. The Morgan fingerprint density at radius 3 is 2.52 bits per heavy atom. The maximum atomic E-state index is 12.0. The van der Waals surface area contributed by atoms with E-state index in [1.54, 1.807) is 24.3 Å². The van der Waals surface area contributed by atoms with Gasteiger partial charge in [0.1, 0.15) is 0 Å². The maximum Gasteiger partial charge on any atom is 0.308 e. The Morgan fingerprint density at radius 1 is 1.35 bits per heavy atom. The van der Waals surface area contributed by atoms with Crippen molar-refractivity contribution in [2.24, 2.45) is 11.8 Å². The third-order valence-corrected chi connectivity index (χ3v) is 4.09. The van der Waals surface area contributed by atoms with Crippen LogP contribution in [0.15, 0.2) is 24.3 Å². The number of nitrogens with zero attached hydrogens (tertiary/aromatic N) is 1. The van der Waals surface area contributed by atoms with E-state index in [2.05, 4.69) is 5.32 Å². The molecular weight excluding hydrogens is 296 g/mol. The van der Waals surface area contributed by atoms with Gasteiger partial charge in [0.2, 0.25) is 11.8 Å². The van der Waals surface area contributed by atoms with Crippen LogP contribution < -0.4 is 10.2 Å². The highest BCUT2D eigenvalue weighted by atomic mass is 16.4. The number of anilines is 2. The molecular formula is C17H22N2O4. The van der Waals surface area contributed by atoms with Gasteiger partial charge >= 0.3 is 5.97 Å². The molecule has 0 unspecified atom stereocenters. The second-order valence-electron chi connectivity index (χ2n) is 5.97. The van der Waals surface area contributed by atoms with E-state index in [0.29, 0.717) is 11.4 Å². The van der Waals surface area contributed by atoms with E-state index in [1.165, 1.54) is 4.90 Å². The minimum absolute atomic E-state index is 0.0252. The molecule has 0 aromatic heterocycles. The summed E-state index contributed by atoms with van der Waals surface area (Å²) < 4.78 is 0. The highest BCUT2D eigenvalue weighted by Gasteiger charge is 2.34. The Hall–Kier alpha value is -2.37. The minimum atomic E-state index is -0.949. The predicted molar refractivity (Wildman–Crippen MR) is 87.2 cm³/mol. The average molecular weight is 318 g/mol. The first-order valence-electron chi connectivity index (χ1n) is 7.86. The van der Waals surface area contributed by atoms with Gasteiger partial charge in [0.05, 0.1) is 5.92 Å². The molecule has 23 heavy (non-hydrogen) atoms. The van der Waals surface area contributed by atoms with E-state index in [9.17, 15) is 14.4 Å². The van der Waals surface area contributed by atoms with E-state index in [0.717, 1.165) is 12.8 Å². The van der Waals surface area contributed by atoms with Gasteiger partial charge in [-0.1, -0.05) is 20.3 Å². The summed E-state index contributed by atoms with van der Waals surface area (Å²) in [7, 11) is 0. The fourth-order valence-corrected chi connectivity index (χ4v) is 2.68. The number of benzene rings is 1. The summed E-state index contributed by atoms with van der Waals surface area (Å²) in [5.41, 5.74) is 1.32. The lowest BCUT2D eigenvalue weighted by Gasteiger charge is -2.17. The van der Waals surface area contributed by atoms with Crippen LogP contribution in [-0.4, -0.2) is 29.4 Å². The Kier molecular flexibility index (Phi) is 5.36. The predicted octanol–water partition coefficient (Wildman–Crippen LogP) is 2.50. The zero-order valence-corrected chi connectivity index (χ0v) is 13.4. The van der Waals surface area contributed by atoms with Crippen molar-refractivity contribution in [1.29, 1.82) is 0 Å². The van der Waals surface area contributed by atoms with Crippen molar-refractivity contribution >= 4 is 29.2 Å². The van der Waals surface area contributed by atoms with Crippen LogP contribution in [0.3, 0.4) is 0 Å². The normalized spacial score (nSPS) is 18.8. The Balaban J connectivity index is 2.01. The Morgan fingerprint density at radius 2 is 2.00 bits per heavy atom. The first-order chi connectivity index (χ1) is 10.9. The summed E-state index contributed by atoms with van der Waals surface area (Å²) in [5, 5.41) is 11.9. The number of amides is 2. The topological polar surface area (TPSA) is 86.7 Å². The van der Waals surface area contributed by atoms with Crippen LogP contribution in [0, 0.1) is 11.8 Å². The summed E-state index contributed by atoms with van der Waals surface area (Å²) in [6.07, 6.45) is 1.82. The molecule has 2 N–H and O–H groups in total. The third kappa shape index (κ3) is 4.09. The average Bonchev–Trinajstić information content (AvgIpc) is 2.90. The van der Waals surface area contributed by atoms with Crippen molar-refractivity contribution in [3.05, 3.63) is 24.3 Å². The molecule has 1 aromatic rings. The minimum Gasteiger partial charge on any atom is -0.481 e. The molecule has 1 aromatic carbocycles. The molecule has 2 atom stereocenters. The van der Waals surface area contributed by atoms with Crippen LogP contribution in [-0.2, 0) is 14.4 Å². The van der Waals surface area contributed by atoms with Gasteiger partial charge in [-0.15, -0.1) is 0 Å². The summed E-state index contributed by atoms with van der Waals surface area (Å²) in [5.74, 6) is -1.86. The Labute approximate surface area is 135 Å². The van der Waals surface area contributed by atoms with Crippen molar-refractivity contribution < 1.29 is 19.5 Å². The molecule has 1 aliphatic heterocycles. The second kappa shape index (κ2) is 7.26. The van der Waals surface area contributed by atoms with Crippen molar-refractivity contribution in [1.82, 2.24) is 0 Å². The van der Waals surface area contributed by atoms with Gasteiger partial charge in [-0.05, 0) is 30.7 Å². The van der Waals surface area contributed by atoms with Crippen molar-refractivity contribution in [2.45, 2.75) is 33.1 Å². The zero-order valence-electron chi connectivity index (χ0n) is 13.4. The Bertz CT molecular complexity index is 597. The fraction of sp³-hybridized carbons (Fsp3) is 0.471. The van der Waals surface area contributed by atoms with E-state index in [-0.39, 0.29) is 30.7 Å². The number of hydrogen-bond donors (Lipinski definition) is 2. The molecule has 6 nitrogen and oxygen atoms in total. The van der Waals surface area contributed by atoms with Gasteiger partial charge < -0.3 is 15.3 Å². The van der Waals surface area contributed by atoms with Gasteiger partial charge in [0.25, 0.3) is 0 Å². The number of carboxylic acids is 1. The first kappa shape index (κ1) is 17.0. The van der Waals surface area contributed by atoms with Gasteiger partial charge in [-0.3, -0.25) is 14.4 Å². The lowest BCUT2D eigenvalue weighted by molar-refractivity contribution is -0.141. The molecule has 0 radical (unpaired) electrons. The van der Waals surface area contributed by atoms with Gasteiger partial charge in [-0.25, -0.2) is 0 Å². The van der Waals surface area contributed by atoms with Crippen molar-refractivity contribution in [2.75, 3.05) is 16.8 Å². The van der Waals surface area contributed by atoms with Crippen molar-refractivity contribution in [3.8, 4) is 0 Å². The van der Waals surface area contributed by atoms with E-state index in [4.69, 9.17) is 5.11 Å². The molecule has 1 fully saturated rings. The molecule has 2 rings (SSSR count). The van der Waals surface area contributed by atoms with Crippen LogP contribution in [0.4, 0.5) is 11.4 Å². The standard InChI is InChI=1S/C17H22N2O4/c1-3-4-11(2)16(21)18-13-5-7-14(8-6-13)19-10-12(17(22)23)9-15(19)20/h5-8,11-12H,3-4,9-10H2,1-2H3,(H,18,21)(H,22,23)/t11-,12+/m0/s1. The number of hydrogen-bond acceptors (Lipinski definition) is 3. The van der Waals surface area contributed by atoms with Crippen LogP contribution in [0.1, 0.15) is 33.1 Å². The number of carboxylic acid groups (broad SMARTS) is 1. The van der Waals surface area contributed by atoms with Crippen LogP contribution >= 0.6 is 0 Å². The summed E-state index contributed by atoms with van der Waals surface area (Å²) >= 11 is 0. The van der Waals surface area contributed by atoms with Crippen LogP contribution in [0.25, 0.3) is 0 Å². The smallest absolute Gasteiger partial charge is 0.308 e. The molecule has 0 bridgehead atoms. The molecule has 2 amide bonds. The molecule has 0 saturated carbocycles. The number of aliphatic carboxylic acids is 1. The molecule has 0 spiro atoms. The number of rotatable bonds is 6. The van der Waals surface area contributed by atoms with Crippen molar-refractivity contribution in [3.63, 3.8) is 0 Å². The summed E-state index contributed by atoms with van der Waals surface area (Å²) in [4.78, 5) is 36.3. The highest BCUT2D eigenvalue weighted by Crippen LogP contribution is 2.26. The third-order valence-electron chi connectivity index (χ3n) is 4.09. The van der Waals surface area contributed by atoms with Gasteiger partial charge in [-0.2, -0.15) is 0 Å². The van der Waals surface area contributed by atoms with E-state index < -0.39 is 11.9 Å². The number of carbonyl (C=O) groups is 3. The van der Waals surface area contributed by atoms with Gasteiger partial charge in [0.15, 0.2) is 0 Å². The lowest BCUT2D eigenvalue weighted by atomic mass is 10.1. The van der Waals surface area contributed by atoms with E-state index >= 15 is 0 Å². The first-order valence-corrected chi connectivity index (χ1v) is 7.86. The molecule has 0 aliphatic carbocycles. The molecule has 6 heteroatoms. The number of nitrogens with one attached hydrogen (secondary N) is 1. The quantitative estimate of drug-likeness (QED) is 0.843. The summed E-state index contributed by atoms with van der Waals surface area (Å²) in [6, 6.07) is 6.91. The monoisotopic (exact) mass is 318 g/mol. The van der Waals surface area contributed by atoms with E-state index in [1.807, 2.05) is 13.8 Å². The number of carbonyl (C=O) groups excluding carboxylic acids is 2. The molecule has 1 saturated heterocycles. The highest BCUT2D eigenvalue weighted by molar-refractivity contribution is 5.99. The molecule has 1 aliphatic rings. The lowest BCUT2D eigenvalue weighted by Crippen LogP contribution is -2.25. The van der Waals surface area contributed by atoms with Crippen LogP contribution in [0.2, 0.25) is 0 Å². The van der Waals surface area contributed by atoms with Crippen LogP contribution in [0.5, 0.6) is 0 Å². The second-order valence-corrected chi connectivity index (χ2v) is 5.97. The maximum absolute atomic E-state index is 12.0. The largest absolute Gasteiger partial charge is 0.481 e. The SMILES string of the molecule is CCC[C@H](C)C(=O)Nc1ccc(N2C[C@H](C(=O)O)CC2=O)cc1. The van der Waals surface area contributed by atoms with Gasteiger partial charge in [0, 0.05) is 30.3 Å². The molecule has 1 heterocycles. The molecule has 124 valence electrons. The summed E-state index contributed by atoms with van der Waals surface area (Å²) in [6.45, 7) is 4.12.